The van der Waals surface area contributed by atoms with Gasteiger partial charge in [-0.05, 0) is 19.1 Å². The van der Waals surface area contributed by atoms with Crippen molar-refractivity contribution in [3.05, 3.63) is 27.8 Å². The molecule has 0 fully saturated rings. The molecule has 0 radical (unpaired) electrons. The highest BCUT2D eigenvalue weighted by Crippen LogP contribution is 2.34. The molecule has 0 aliphatic carbocycles. The second-order valence-electron chi connectivity index (χ2n) is 4.52. The number of nitrogens with one attached hydrogen (secondary N) is 1. The van der Waals surface area contributed by atoms with Gasteiger partial charge in [-0.1, -0.05) is 0 Å². The highest BCUT2D eigenvalue weighted by atomic mass is 32.1. The molecule has 1 heterocycles. The van der Waals surface area contributed by atoms with Gasteiger partial charge in [0.1, 0.15) is 11.7 Å². The van der Waals surface area contributed by atoms with Crippen LogP contribution in [0.5, 0.6) is 0 Å². The summed E-state index contributed by atoms with van der Waals surface area (Å²) in [5.74, 6) is -0.155. The topological polar surface area (TPSA) is 88.4 Å². The highest BCUT2D eigenvalue weighted by molar-refractivity contribution is 7.16. The lowest BCUT2D eigenvalue weighted by molar-refractivity contribution is -0.382. The van der Waals surface area contributed by atoms with Gasteiger partial charge in [-0.15, -0.1) is 11.3 Å². The summed E-state index contributed by atoms with van der Waals surface area (Å²) in [7, 11) is 3.27. The van der Waals surface area contributed by atoms with Gasteiger partial charge in [-0.3, -0.25) is 14.9 Å². The summed E-state index contributed by atoms with van der Waals surface area (Å²) in [5.41, 5.74) is 2.11. The molecule has 1 aromatic heterocycles. The number of nitrogens with zero attached hydrogens (tertiary/aromatic N) is 3. The summed E-state index contributed by atoms with van der Waals surface area (Å²) in [6.45, 7) is 1.66. The minimum atomic E-state index is -0.556. The fourth-order valence-electron chi connectivity index (χ4n) is 1.90. The van der Waals surface area contributed by atoms with Crippen molar-refractivity contribution in [1.82, 2.24) is 9.88 Å². The van der Waals surface area contributed by atoms with Crippen LogP contribution in [0.1, 0.15) is 6.92 Å². The van der Waals surface area contributed by atoms with Crippen LogP contribution in [-0.4, -0.2) is 40.9 Å². The Hall–Kier alpha value is -2.22. The van der Waals surface area contributed by atoms with Crippen molar-refractivity contribution >= 4 is 38.8 Å². The first-order valence-corrected chi connectivity index (χ1v) is 6.78. The van der Waals surface area contributed by atoms with E-state index in [0.717, 1.165) is 4.70 Å². The molecule has 7 nitrogen and oxygen atoms in total. The van der Waals surface area contributed by atoms with Gasteiger partial charge < -0.3 is 10.2 Å². The first-order chi connectivity index (χ1) is 9.41. The van der Waals surface area contributed by atoms with Crippen LogP contribution in [0.4, 0.5) is 11.4 Å². The van der Waals surface area contributed by atoms with Crippen molar-refractivity contribution in [2.75, 3.05) is 19.4 Å². The number of amides is 1. The second kappa shape index (κ2) is 5.41. The van der Waals surface area contributed by atoms with E-state index in [1.807, 2.05) is 0 Å². The molecule has 20 heavy (non-hydrogen) atoms. The van der Waals surface area contributed by atoms with Crippen LogP contribution >= 0.6 is 11.3 Å². The summed E-state index contributed by atoms with van der Waals surface area (Å²) in [5, 5.41) is 14.1. The molecule has 0 aliphatic rings. The van der Waals surface area contributed by atoms with Crippen molar-refractivity contribution in [2.45, 2.75) is 13.0 Å². The standard InChI is InChI=1S/C12H14N4O3S/c1-7(12(17)15(2)3)14-8-4-5-9-10(13-6-20-9)11(8)16(18)19/h4-7,14H,1-3H3. The molecule has 1 unspecified atom stereocenters. The zero-order valence-electron chi connectivity index (χ0n) is 11.3. The number of benzene rings is 1. The number of nitro benzene ring substituents is 1. The molecule has 0 bridgehead atoms. The lowest BCUT2D eigenvalue weighted by atomic mass is 10.2. The Labute approximate surface area is 119 Å². The number of thiazole rings is 1. The van der Waals surface area contributed by atoms with E-state index < -0.39 is 11.0 Å². The third kappa shape index (κ3) is 2.55. The Morgan fingerprint density at radius 2 is 2.20 bits per heavy atom. The van der Waals surface area contributed by atoms with Gasteiger partial charge >= 0.3 is 5.69 Å². The molecule has 106 valence electrons. The van der Waals surface area contributed by atoms with Crippen LogP contribution in [0.2, 0.25) is 0 Å². The van der Waals surface area contributed by atoms with Crippen LogP contribution in [0.25, 0.3) is 10.2 Å². The molecular weight excluding hydrogens is 280 g/mol. The fraction of sp³-hybridized carbons (Fsp3) is 0.333. The first-order valence-electron chi connectivity index (χ1n) is 5.90. The molecule has 1 aromatic carbocycles. The average Bonchev–Trinajstić information content (AvgIpc) is 2.84. The van der Waals surface area contributed by atoms with Gasteiger partial charge in [0, 0.05) is 14.1 Å². The number of carbonyl (C=O) groups excluding carboxylic acids is 1. The van der Waals surface area contributed by atoms with Crippen molar-refractivity contribution in [1.29, 1.82) is 0 Å². The third-order valence-corrected chi connectivity index (χ3v) is 3.64. The molecule has 0 saturated carbocycles. The minimum Gasteiger partial charge on any atom is -0.368 e. The number of likely N-dealkylation sites (N-methyl/N-ethyl adjacent to an activating group) is 1. The molecule has 8 heteroatoms. The van der Waals surface area contributed by atoms with Crippen molar-refractivity contribution in [3.8, 4) is 0 Å². The lowest BCUT2D eigenvalue weighted by Crippen LogP contribution is -2.36. The average molecular weight is 294 g/mol. The molecule has 2 rings (SSSR count). The molecule has 1 atom stereocenters. The number of fused-ring (bicyclic) bond motifs is 1. The fourth-order valence-corrected chi connectivity index (χ4v) is 2.58. The summed E-state index contributed by atoms with van der Waals surface area (Å²) >= 11 is 1.34. The van der Waals surface area contributed by atoms with Gasteiger partial charge in [0.15, 0.2) is 5.52 Å². The Kier molecular flexibility index (Phi) is 3.84. The number of aromatic nitrogens is 1. The van der Waals surface area contributed by atoms with Crippen LogP contribution in [0.3, 0.4) is 0 Å². The molecule has 2 aromatic rings. The van der Waals surface area contributed by atoms with Crippen molar-refractivity contribution < 1.29 is 9.72 Å². The van der Waals surface area contributed by atoms with Gasteiger partial charge in [-0.2, -0.15) is 0 Å². The SMILES string of the molecule is CC(Nc1ccc2scnc2c1[N+](=O)[O-])C(=O)N(C)C. The molecular formula is C12H14N4O3S. The van der Waals surface area contributed by atoms with Crippen molar-refractivity contribution in [2.24, 2.45) is 0 Å². The molecule has 0 aliphatic heterocycles. The quantitative estimate of drug-likeness (QED) is 0.689. The van der Waals surface area contributed by atoms with E-state index in [1.165, 1.54) is 16.2 Å². The Bertz CT molecular complexity index is 668. The van der Waals surface area contributed by atoms with Crippen molar-refractivity contribution in [3.63, 3.8) is 0 Å². The number of hydrogen-bond donors (Lipinski definition) is 1. The zero-order valence-corrected chi connectivity index (χ0v) is 12.1. The summed E-state index contributed by atoms with van der Waals surface area (Å²) in [6, 6.07) is 2.81. The van der Waals surface area contributed by atoms with Gasteiger partial charge in [0.25, 0.3) is 0 Å². The van der Waals surface area contributed by atoms with Crippen LogP contribution < -0.4 is 5.32 Å². The van der Waals surface area contributed by atoms with Crippen LogP contribution in [0.15, 0.2) is 17.6 Å². The Morgan fingerprint density at radius 3 is 2.80 bits per heavy atom. The maximum absolute atomic E-state index is 11.8. The maximum Gasteiger partial charge on any atom is 0.319 e. The molecule has 0 spiro atoms. The second-order valence-corrected chi connectivity index (χ2v) is 5.40. The minimum absolute atomic E-state index is 0.0952. The maximum atomic E-state index is 11.8. The van der Waals surface area contributed by atoms with Gasteiger partial charge in [-0.25, -0.2) is 4.98 Å². The number of carbonyl (C=O) groups is 1. The third-order valence-electron chi connectivity index (χ3n) is 2.84. The summed E-state index contributed by atoms with van der Waals surface area (Å²) in [6.07, 6.45) is 0. The van der Waals surface area contributed by atoms with E-state index in [1.54, 1.807) is 38.7 Å². The smallest absolute Gasteiger partial charge is 0.319 e. The number of anilines is 1. The first kappa shape index (κ1) is 14.2. The molecule has 1 N–H and O–H groups in total. The van der Waals surface area contributed by atoms with E-state index in [2.05, 4.69) is 10.3 Å². The Balaban J connectivity index is 2.41. The normalized spacial score (nSPS) is 12.2. The number of nitro groups is 1. The number of hydrogen-bond acceptors (Lipinski definition) is 6. The van der Waals surface area contributed by atoms with E-state index in [0.29, 0.717) is 11.2 Å². The highest BCUT2D eigenvalue weighted by Gasteiger charge is 2.24. The monoisotopic (exact) mass is 294 g/mol. The zero-order chi connectivity index (χ0) is 14.9. The summed E-state index contributed by atoms with van der Waals surface area (Å²) in [4.78, 5) is 28.1. The summed E-state index contributed by atoms with van der Waals surface area (Å²) < 4.78 is 0.744. The molecule has 1 amide bonds. The number of rotatable bonds is 4. The van der Waals surface area contributed by atoms with Crippen LogP contribution in [0, 0.1) is 10.1 Å². The lowest BCUT2D eigenvalue weighted by Gasteiger charge is -2.18. The Morgan fingerprint density at radius 1 is 1.50 bits per heavy atom. The van der Waals surface area contributed by atoms with Crippen LogP contribution in [-0.2, 0) is 4.79 Å². The predicted octanol–water partition coefficient (Wildman–Crippen LogP) is 2.09. The van der Waals surface area contributed by atoms with E-state index in [9.17, 15) is 14.9 Å². The van der Waals surface area contributed by atoms with E-state index >= 15 is 0 Å². The molecule has 0 saturated heterocycles. The largest absolute Gasteiger partial charge is 0.368 e. The predicted molar refractivity (Wildman–Crippen MR) is 78.1 cm³/mol. The van der Waals surface area contributed by atoms with Gasteiger partial charge in [0.2, 0.25) is 5.91 Å². The van der Waals surface area contributed by atoms with E-state index in [-0.39, 0.29) is 11.6 Å². The van der Waals surface area contributed by atoms with Gasteiger partial charge in [0.05, 0.1) is 15.1 Å². The van der Waals surface area contributed by atoms with E-state index in [4.69, 9.17) is 0 Å².